The quantitative estimate of drug-likeness (QED) is 0.587. The highest BCUT2D eigenvalue weighted by atomic mass is 79.9. The SMILES string of the molecule is Fc1ccc(Br)c(F)c1Cn1ccc2c(F)cccc21. The molecule has 1 heterocycles. The minimum atomic E-state index is -0.636. The largest absolute Gasteiger partial charge is 0.343 e. The van der Waals surface area contributed by atoms with Crippen LogP contribution in [-0.4, -0.2) is 4.57 Å². The first-order chi connectivity index (χ1) is 9.58. The second kappa shape index (κ2) is 4.98. The van der Waals surface area contributed by atoms with Gasteiger partial charge in [-0.1, -0.05) is 6.07 Å². The summed E-state index contributed by atoms with van der Waals surface area (Å²) in [6, 6.07) is 8.76. The molecule has 0 saturated carbocycles. The molecule has 1 nitrogen and oxygen atoms in total. The normalized spacial score (nSPS) is 11.2. The molecule has 3 aromatic rings. The molecule has 0 spiro atoms. The summed E-state index contributed by atoms with van der Waals surface area (Å²) in [5.41, 5.74) is 0.546. The zero-order valence-electron chi connectivity index (χ0n) is 10.2. The minimum Gasteiger partial charge on any atom is -0.343 e. The van der Waals surface area contributed by atoms with Gasteiger partial charge in [0.25, 0.3) is 0 Å². The van der Waals surface area contributed by atoms with Gasteiger partial charge in [0.1, 0.15) is 17.5 Å². The van der Waals surface area contributed by atoms with Gasteiger partial charge in [-0.05, 0) is 46.3 Å². The number of rotatable bonds is 2. The molecule has 0 aliphatic carbocycles. The molecule has 1 aromatic heterocycles. The monoisotopic (exact) mass is 339 g/mol. The van der Waals surface area contributed by atoms with E-state index in [0.717, 1.165) is 0 Å². The van der Waals surface area contributed by atoms with Crippen LogP contribution in [0.25, 0.3) is 10.9 Å². The zero-order valence-corrected chi connectivity index (χ0v) is 11.8. The summed E-state index contributed by atoms with van der Waals surface area (Å²) in [7, 11) is 0. The molecule has 0 aliphatic heterocycles. The predicted octanol–water partition coefficient (Wildman–Crippen LogP) is 4.87. The molecule has 0 fully saturated rings. The highest BCUT2D eigenvalue weighted by Gasteiger charge is 2.14. The van der Waals surface area contributed by atoms with Crippen LogP contribution in [0, 0.1) is 17.5 Å². The number of nitrogens with zero attached hydrogens (tertiary/aromatic N) is 1. The van der Waals surface area contributed by atoms with Gasteiger partial charge in [-0.15, -0.1) is 0 Å². The molecule has 0 aliphatic rings. The fourth-order valence-corrected chi connectivity index (χ4v) is 2.58. The molecule has 5 heteroatoms. The molecule has 0 radical (unpaired) electrons. The number of benzene rings is 2. The molecule has 2 aromatic carbocycles. The lowest BCUT2D eigenvalue weighted by Gasteiger charge is -2.09. The summed E-state index contributed by atoms with van der Waals surface area (Å²) in [5.74, 6) is -1.61. The Kier molecular flexibility index (Phi) is 3.30. The molecular weight excluding hydrogens is 331 g/mol. The Bertz CT molecular complexity index is 795. The number of aromatic nitrogens is 1. The van der Waals surface area contributed by atoms with Crippen molar-refractivity contribution in [2.45, 2.75) is 6.54 Å². The first-order valence-electron chi connectivity index (χ1n) is 5.93. The number of hydrogen-bond acceptors (Lipinski definition) is 0. The fourth-order valence-electron chi connectivity index (χ4n) is 2.21. The fraction of sp³-hybridized carbons (Fsp3) is 0.0667. The van der Waals surface area contributed by atoms with Crippen molar-refractivity contribution in [1.29, 1.82) is 0 Å². The minimum absolute atomic E-state index is 0.00403. The van der Waals surface area contributed by atoms with E-state index in [-0.39, 0.29) is 22.4 Å². The average Bonchev–Trinajstić information content (AvgIpc) is 2.84. The van der Waals surface area contributed by atoms with E-state index in [1.54, 1.807) is 29.0 Å². The molecule has 0 saturated heterocycles. The standard InChI is InChI=1S/C15H9BrF3N/c16-11-4-5-13(18)10(15(11)19)8-20-7-6-9-12(17)2-1-3-14(9)20/h1-7H,8H2. The van der Waals surface area contributed by atoms with E-state index in [0.29, 0.717) is 10.9 Å². The Labute approximate surface area is 121 Å². The van der Waals surface area contributed by atoms with E-state index in [1.165, 1.54) is 18.2 Å². The topological polar surface area (TPSA) is 4.93 Å². The highest BCUT2D eigenvalue weighted by Crippen LogP contribution is 2.25. The van der Waals surface area contributed by atoms with Crippen molar-refractivity contribution < 1.29 is 13.2 Å². The summed E-state index contributed by atoms with van der Waals surface area (Å²) in [4.78, 5) is 0. The maximum atomic E-state index is 14.0. The number of halogens is 4. The smallest absolute Gasteiger partial charge is 0.145 e. The van der Waals surface area contributed by atoms with Gasteiger partial charge in [0.15, 0.2) is 0 Å². The zero-order chi connectivity index (χ0) is 14.3. The summed E-state index contributed by atoms with van der Waals surface area (Å²) in [6.45, 7) is 0.00403. The van der Waals surface area contributed by atoms with Crippen molar-refractivity contribution >= 4 is 26.8 Å². The van der Waals surface area contributed by atoms with E-state index in [2.05, 4.69) is 15.9 Å². The summed E-state index contributed by atoms with van der Waals surface area (Å²) >= 11 is 3.03. The lowest BCUT2D eigenvalue weighted by molar-refractivity contribution is 0.543. The molecule has 0 atom stereocenters. The summed E-state index contributed by atoms with van der Waals surface area (Å²) in [5, 5.41) is 0.434. The van der Waals surface area contributed by atoms with Crippen LogP contribution in [0.2, 0.25) is 0 Å². The lowest BCUT2D eigenvalue weighted by Crippen LogP contribution is -2.04. The van der Waals surface area contributed by atoms with Gasteiger partial charge in [-0.25, -0.2) is 13.2 Å². The van der Waals surface area contributed by atoms with Crippen molar-refractivity contribution in [2.24, 2.45) is 0 Å². The van der Waals surface area contributed by atoms with Gasteiger partial charge in [0.05, 0.1) is 16.5 Å². The maximum absolute atomic E-state index is 14.0. The summed E-state index contributed by atoms with van der Waals surface area (Å²) < 4.78 is 43.1. The Morgan fingerprint density at radius 3 is 2.55 bits per heavy atom. The van der Waals surface area contributed by atoms with E-state index in [4.69, 9.17) is 0 Å². The van der Waals surface area contributed by atoms with Crippen molar-refractivity contribution in [2.75, 3.05) is 0 Å². The Morgan fingerprint density at radius 1 is 0.950 bits per heavy atom. The van der Waals surface area contributed by atoms with E-state index in [9.17, 15) is 13.2 Å². The van der Waals surface area contributed by atoms with Crippen LogP contribution in [0.15, 0.2) is 47.1 Å². The maximum Gasteiger partial charge on any atom is 0.145 e. The molecule has 102 valence electrons. The number of hydrogen-bond donors (Lipinski definition) is 0. The Morgan fingerprint density at radius 2 is 1.75 bits per heavy atom. The molecule has 3 rings (SSSR count). The second-order valence-corrected chi connectivity index (χ2v) is 5.29. The third kappa shape index (κ3) is 2.12. The predicted molar refractivity (Wildman–Crippen MR) is 75.1 cm³/mol. The van der Waals surface area contributed by atoms with Gasteiger partial charge >= 0.3 is 0 Å². The van der Waals surface area contributed by atoms with Gasteiger partial charge in [-0.2, -0.15) is 0 Å². The van der Waals surface area contributed by atoms with Crippen LogP contribution in [0.5, 0.6) is 0 Å². The van der Waals surface area contributed by atoms with Crippen LogP contribution >= 0.6 is 15.9 Å². The first-order valence-corrected chi connectivity index (χ1v) is 6.73. The molecular formula is C15H9BrF3N. The van der Waals surface area contributed by atoms with Crippen LogP contribution in [-0.2, 0) is 6.54 Å². The molecule has 0 bridgehead atoms. The van der Waals surface area contributed by atoms with Crippen molar-refractivity contribution in [3.63, 3.8) is 0 Å². The van der Waals surface area contributed by atoms with E-state index < -0.39 is 11.6 Å². The second-order valence-electron chi connectivity index (χ2n) is 4.44. The van der Waals surface area contributed by atoms with Gasteiger partial charge < -0.3 is 4.57 Å². The molecule has 0 amide bonds. The number of fused-ring (bicyclic) bond motifs is 1. The lowest BCUT2D eigenvalue weighted by atomic mass is 10.2. The first kappa shape index (κ1) is 13.2. The van der Waals surface area contributed by atoms with Crippen LogP contribution in [0.4, 0.5) is 13.2 Å². The van der Waals surface area contributed by atoms with Gasteiger partial charge in [0, 0.05) is 17.1 Å². The van der Waals surface area contributed by atoms with E-state index in [1.807, 2.05) is 0 Å². The molecule has 0 unspecified atom stereocenters. The van der Waals surface area contributed by atoms with Crippen molar-refractivity contribution in [1.82, 2.24) is 4.57 Å². The van der Waals surface area contributed by atoms with Gasteiger partial charge in [0.2, 0.25) is 0 Å². The van der Waals surface area contributed by atoms with Gasteiger partial charge in [-0.3, -0.25) is 0 Å². The van der Waals surface area contributed by atoms with Crippen molar-refractivity contribution in [3.8, 4) is 0 Å². The van der Waals surface area contributed by atoms with Crippen molar-refractivity contribution in [3.05, 3.63) is 70.1 Å². The molecule has 0 N–H and O–H groups in total. The Hall–Kier alpha value is -1.75. The van der Waals surface area contributed by atoms with E-state index >= 15 is 0 Å². The van der Waals surface area contributed by atoms with Crippen LogP contribution in [0.3, 0.4) is 0 Å². The average molecular weight is 340 g/mol. The summed E-state index contributed by atoms with van der Waals surface area (Å²) in [6.07, 6.45) is 1.62. The molecule has 20 heavy (non-hydrogen) atoms. The van der Waals surface area contributed by atoms with Crippen LogP contribution in [0.1, 0.15) is 5.56 Å². The van der Waals surface area contributed by atoms with Crippen LogP contribution < -0.4 is 0 Å². The third-order valence-corrected chi connectivity index (χ3v) is 3.84. The highest BCUT2D eigenvalue weighted by molar-refractivity contribution is 9.10. The Balaban J connectivity index is 2.11. The third-order valence-electron chi connectivity index (χ3n) is 3.23.